The minimum atomic E-state index is -4.69. The van der Waals surface area contributed by atoms with Crippen molar-refractivity contribution in [2.45, 2.75) is 11.5 Å². The fourth-order valence-corrected chi connectivity index (χ4v) is 1.44. The van der Waals surface area contributed by atoms with Crippen molar-refractivity contribution < 1.29 is 23.1 Å². The highest BCUT2D eigenvalue weighted by Crippen LogP contribution is 2.32. The normalized spacial score (nSPS) is 11.5. The van der Waals surface area contributed by atoms with E-state index in [9.17, 15) is 23.1 Å². The van der Waals surface area contributed by atoms with Crippen LogP contribution in [0.25, 0.3) is 0 Å². The van der Waals surface area contributed by atoms with Gasteiger partial charge in [0.05, 0.1) is 11.5 Å². The molecule has 0 saturated heterocycles. The molecule has 1 aromatic carbocycles. The molecule has 1 aromatic rings. The molecule has 0 heterocycles. The predicted octanol–water partition coefficient (Wildman–Crippen LogP) is 1.96. The number of hydrogen-bond donors (Lipinski definition) is 0. The van der Waals surface area contributed by atoms with Crippen molar-refractivity contribution in [1.29, 1.82) is 0 Å². The lowest BCUT2D eigenvalue weighted by molar-refractivity contribution is -0.255. The third-order valence-corrected chi connectivity index (χ3v) is 2.41. The zero-order valence-corrected chi connectivity index (χ0v) is 8.85. The summed E-state index contributed by atoms with van der Waals surface area (Å²) in [5, 5.41) is 10.7. The van der Waals surface area contributed by atoms with E-state index in [0.717, 1.165) is 12.1 Å². The lowest BCUT2D eigenvalue weighted by Gasteiger charge is -2.14. The summed E-state index contributed by atoms with van der Waals surface area (Å²) in [6.07, 6.45) is -4.69. The second-order valence-electron chi connectivity index (χ2n) is 2.80. The van der Waals surface area contributed by atoms with Crippen molar-refractivity contribution in [3.63, 3.8) is 0 Å². The molecule has 2 nitrogen and oxygen atoms in total. The number of rotatable bonds is 2. The summed E-state index contributed by atoms with van der Waals surface area (Å²) in [6.45, 7) is 0. The van der Waals surface area contributed by atoms with Gasteiger partial charge in [-0.1, -0.05) is 28.1 Å². The summed E-state index contributed by atoms with van der Waals surface area (Å²) in [5.41, 5.74) is -1.67. The third kappa shape index (κ3) is 2.71. The Morgan fingerprint density at radius 2 is 2.00 bits per heavy atom. The van der Waals surface area contributed by atoms with Crippen LogP contribution in [0, 0.1) is 0 Å². The Kier molecular flexibility index (Phi) is 3.38. The van der Waals surface area contributed by atoms with Crippen molar-refractivity contribution in [2.75, 3.05) is 0 Å². The second-order valence-corrected chi connectivity index (χ2v) is 3.36. The highest BCUT2D eigenvalue weighted by atomic mass is 79.9. The first-order valence-electron chi connectivity index (χ1n) is 3.83. The predicted molar refractivity (Wildman–Crippen MR) is 48.4 cm³/mol. The van der Waals surface area contributed by atoms with Gasteiger partial charge in [-0.2, -0.15) is 13.2 Å². The zero-order valence-electron chi connectivity index (χ0n) is 7.27. The van der Waals surface area contributed by atoms with Gasteiger partial charge in [-0.05, 0) is 11.6 Å². The molecular weight excluding hydrogens is 277 g/mol. The van der Waals surface area contributed by atoms with Crippen LogP contribution in [0.5, 0.6) is 0 Å². The smallest absolute Gasteiger partial charge is 0.417 e. The van der Waals surface area contributed by atoms with E-state index in [1.807, 2.05) is 0 Å². The Bertz CT molecular complexity index is 387. The lowest BCUT2D eigenvalue weighted by Crippen LogP contribution is -2.26. The molecule has 0 saturated carbocycles. The molecule has 82 valence electrons. The number of alkyl halides is 4. The van der Waals surface area contributed by atoms with E-state index in [1.54, 1.807) is 0 Å². The number of carboxylic acid groups (broad SMARTS) is 1. The summed E-state index contributed by atoms with van der Waals surface area (Å²) in [7, 11) is 0. The van der Waals surface area contributed by atoms with Crippen molar-refractivity contribution >= 4 is 21.9 Å². The fourth-order valence-electron chi connectivity index (χ4n) is 1.09. The molecule has 0 N–H and O–H groups in total. The van der Waals surface area contributed by atoms with Crippen molar-refractivity contribution in [1.82, 2.24) is 0 Å². The number of aromatic carboxylic acids is 1. The van der Waals surface area contributed by atoms with E-state index in [-0.39, 0.29) is 5.33 Å². The van der Waals surface area contributed by atoms with Gasteiger partial charge in [0.2, 0.25) is 0 Å². The first kappa shape index (κ1) is 12.0. The molecular formula is C9H5BrF3O2-. The quantitative estimate of drug-likeness (QED) is 0.778. The average molecular weight is 282 g/mol. The van der Waals surface area contributed by atoms with Crippen molar-refractivity contribution in [3.05, 3.63) is 34.9 Å². The molecule has 0 atom stereocenters. The van der Waals surface area contributed by atoms with Gasteiger partial charge in [0.15, 0.2) is 0 Å². The monoisotopic (exact) mass is 281 g/mol. The molecule has 0 fully saturated rings. The van der Waals surface area contributed by atoms with Gasteiger partial charge in [0.25, 0.3) is 0 Å². The minimum Gasteiger partial charge on any atom is -0.545 e. The van der Waals surface area contributed by atoms with E-state index < -0.39 is 23.3 Å². The highest BCUT2D eigenvalue weighted by Gasteiger charge is 2.33. The van der Waals surface area contributed by atoms with E-state index in [2.05, 4.69) is 15.9 Å². The molecule has 0 radical (unpaired) electrons. The molecule has 1 rings (SSSR count). The Hall–Kier alpha value is -1.04. The first-order chi connectivity index (χ1) is 6.86. The third-order valence-electron chi connectivity index (χ3n) is 1.76. The molecule has 0 bridgehead atoms. The molecule has 0 aromatic heterocycles. The van der Waals surface area contributed by atoms with Crippen molar-refractivity contribution in [3.8, 4) is 0 Å². The summed E-state index contributed by atoms with van der Waals surface area (Å²) in [6, 6.07) is 2.99. The number of carboxylic acids is 1. The summed E-state index contributed by atoms with van der Waals surface area (Å²) >= 11 is 2.99. The standard InChI is InChI=1S/C9H6BrF3O2/c10-4-5-1-2-6(8(14)15)7(3-5)9(11,12)13/h1-3H,4H2,(H,14,15)/p-1. The van der Waals surface area contributed by atoms with Crippen LogP contribution in [-0.4, -0.2) is 5.97 Å². The molecule has 0 spiro atoms. The van der Waals surface area contributed by atoms with Gasteiger partial charge in [0, 0.05) is 10.9 Å². The number of benzene rings is 1. The van der Waals surface area contributed by atoms with Gasteiger partial charge in [-0.25, -0.2) is 0 Å². The first-order valence-corrected chi connectivity index (χ1v) is 4.96. The van der Waals surface area contributed by atoms with Crippen LogP contribution in [0.15, 0.2) is 18.2 Å². The molecule has 0 unspecified atom stereocenters. The molecule has 6 heteroatoms. The maximum Gasteiger partial charge on any atom is 0.417 e. The topological polar surface area (TPSA) is 40.1 Å². The van der Waals surface area contributed by atoms with Gasteiger partial charge < -0.3 is 9.90 Å². The van der Waals surface area contributed by atoms with E-state index in [0.29, 0.717) is 5.56 Å². The minimum absolute atomic E-state index is 0.226. The summed E-state index contributed by atoms with van der Waals surface area (Å²) < 4.78 is 37.3. The molecule has 15 heavy (non-hydrogen) atoms. The van der Waals surface area contributed by atoms with E-state index in [1.165, 1.54) is 6.07 Å². The van der Waals surface area contributed by atoms with E-state index in [4.69, 9.17) is 0 Å². The second kappa shape index (κ2) is 4.22. The Morgan fingerprint density at radius 3 is 2.40 bits per heavy atom. The van der Waals surface area contributed by atoms with Gasteiger partial charge in [0.1, 0.15) is 0 Å². The van der Waals surface area contributed by atoms with Gasteiger partial charge in [-0.15, -0.1) is 0 Å². The highest BCUT2D eigenvalue weighted by molar-refractivity contribution is 9.08. The number of carbonyl (C=O) groups excluding carboxylic acids is 1. The van der Waals surface area contributed by atoms with Crippen LogP contribution in [0.4, 0.5) is 13.2 Å². The molecule has 0 aliphatic heterocycles. The maximum atomic E-state index is 12.4. The Morgan fingerprint density at radius 1 is 1.40 bits per heavy atom. The van der Waals surface area contributed by atoms with Crippen LogP contribution in [0.3, 0.4) is 0 Å². The Balaban J connectivity index is 3.36. The van der Waals surface area contributed by atoms with Crippen LogP contribution >= 0.6 is 15.9 Å². The number of carbonyl (C=O) groups is 1. The van der Waals surface area contributed by atoms with E-state index >= 15 is 0 Å². The van der Waals surface area contributed by atoms with Crippen LogP contribution in [0.2, 0.25) is 0 Å². The number of halogens is 4. The van der Waals surface area contributed by atoms with Crippen LogP contribution < -0.4 is 5.11 Å². The molecule has 0 aliphatic rings. The summed E-state index contributed by atoms with van der Waals surface area (Å²) in [5.74, 6) is -1.83. The Labute approximate surface area is 91.8 Å². The van der Waals surface area contributed by atoms with Crippen LogP contribution in [-0.2, 0) is 11.5 Å². The lowest BCUT2D eigenvalue weighted by atomic mass is 10.0. The molecule has 0 aliphatic carbocycles. The largest absolute Gasteiger partial charge is 0.545 e. The number of hydrogen-bond acceptors (Lipinski definition) is 2. The van der Waals surface area contributed by atoms with Gasteiger partial charge in [-0.3, -0.25) is 0 Å². The van der Waals surface area contributed by atoms with Gasteiger partial charge >= 0.3 is 6.18 Å². The fraction of sp³-hybridized carbons (Fsp3) is 0.222. The van der Waals surface area contributed by atoms with Crippen molar-refractivity contribution in [2.24, 2.45) is 0 Å². The maximum absolute atomic E-state index is 12.4. The average Bonchev–Trinajstić information content (AvgIpc) is 2.15. The summed E-state index contributed by atoms with van der Waals surface area (Å²) in [4.78, 5) is 10.4. The van der Waals surface area contributed by atoms with Crippen LogP contribution in [0.1, 0.15) is 21.5 Å². The molecule has 0 amide bonds. The zero-order chi connectivity index (χ0) is 11.6. The SMILES string of the molecule is O=C([O-])c1ccc(CBr)cc1C(F)(F)F.